The van der Waals surface area contributed by atoms with Gasteiger partial charge >= 0.3 is 0 Å². The number of rotatable bonds is 10. The predicted molar refractivity (Wildman–Crippen MR) is 120 cm³/mol. The number of ether oxygens (including phenoxy) is 1. The third-order valence-electron chi connectivity index (χ3n) is 5.16. The Bertz CT molecular complexity index is 1010. The molecule has 3 rings (SSSR count). The van der Waals surface area contributed by atoms with Gasteiger partial charge in [0, 0.05) is 43.3 Å². The van der Waals surface area contributed by atoms with E-state index >= 15 is 0 Å². The Labute approximate surface area is 191 Å². The third-order valence-corrected chi connectivity index (χ3v) is 5.16. The summed E-state index contributed by atoms with van der Waals surface area (Å²) < 4.78 is 10.5. The standard InChI is InChI=1S/C23H28N4O6/c1-15-11-20(26-33-15)27(14-22(30)24-13-19-7-4-10-32-19)23(31)9-8-21(29)25-18-6-3-5-17(12-18)16(2)28/h3,5-6,11-12,19H,4,7-10,13-14H2,1-2H3,(H,24,30)(H,25,29)/t19-/m1/s1. The first-order valence-electron chi connectivity index (χ1n) is 10.8. The van der Waals surface area contributed by atoms with Gasteiger partial charge in [-0.25, -0.2) is 0 Å². The molecule has 0 unspecified atom stereocenters. The lowest BCUT2D eigenvalue weighted by molar-refractivity contribution is -0.125. The fraction of sp³-hybridized carbons (Fsp3) is 0.435. The van der Waals surface area contributed by atoms with Crippen LogP contribution < -0.4 is 15.5 Å². The van der Waals surface area contributed by atoms with E-state index in [0.29, 0.717) is 30.2 Å². The average molecular weight is 456 g/mol. The molecule has 0 saturated carbocycles. The van der Waals surface area contributed by atoms with E-state index in [1.54, 1.807) is 37.3 Å². The van der Waals surface area contributed by atoms with Crippen LogP contribution in [0.2, 0.25) is 0 Å². The Morgan fingerprint density at radius 3 is 2.64 bits per heavy atom. The van der Waals surface area contributed by atoms with Gasteiger partial charge in [-0.3, -0.25) is 24.1 Å². The van der Waals surface area contributed by atoms with Crippen molar-refractivity contribution < 1.29 is 28.4 Å². The maximum absolute atomic E-state index is 12.9. The highest BCUT2D eigenvalue weighted by Gasteiger charge is 2.24. The third kappa shape index (κ3) is 7.25. The fourth-order valence-electron chi connectivity index (χ4n) is 3.40. The Morgan fingerprint density at radius 1 is 1.15 bits per heavy atom. The molecule has 2 N–H and O–H groups in total. The first-order valence-corrected chi connectivity index (χ1v) is 10.8. The van der Waals surface area contributed by atoms with Crippen molar-refractivity contribution in [2.75, 3.05) is 29.9 Å². The van der Waals surface area contributed by atoms with Gasteiger partial charge in [0.25, 0.3) is 0 Å². The maximum Gasteiger partial charge on any atom is 0.240 e. The largest absolute Gasteiger partial charge is 0.376 e. The summed E-state index contributed by atoms with van der Waals surface area (Å²) in [5.41, 5.74) is 0.947. The zero-order valence-corrected chi connectivity index (χ0v) is 18.8. The molecule has 176 valence electrons. The van der Waals surface area contributed by atoms with Crippen molar-refractivity contribution in [3.63, 3.8) is 0 Å². The van der Waals surface area contributed by atoms with Gasteiger partial charge in [-0.05, 0) is 38.8 Å². The van der Waals surface area contributed by atoms with Gasteiger partial charge in [0.15, 0.2) is 11.6 Å². The van der Waals surface area contributed by atoms with Crippen molar-refractivity contribution in [2.45, 2.75) is 45.6 Å². The van der Waals surface area contributed by atoms with E-state index in [9.17, 15) is 19.2 Å². The number of carbonyl (C=O) groups is 4. The summed E-state index contributed by atoms with van der Waals surface area (Å²) in [5, 5.41) is 9.30. The highest BCUT2D eigenvalue weighted by molar-refractivity contribution is 6.01. The number of amides is 3. The van der Waals surface area contributed by atoms with Gasteiger partial charge in [-0.2, -0.15) is 0 Å². The van der Waals surface area contributed by atoms with E-state index in [-0.39, 0.29) is 48.9 Å². The number of ketones is 1. The normalized spacial score (nSPS) is 15.2. The molecule has 1 atom stereocenters. The molecular formula is C23H28N4O6. The molecule has 2 aromatic rings. The van der Waals surface area contributed by atoms with Crippen LogP contribution in [-0.2, 0) is 19.1 Å². The highest BCUT2D eigenvalue weighted by atomic mass is 16.5. The lowest BCUT2D eigenvalue weighted by atomic mass is 10.1. The van der Waals surface area contributed by atoms with Gasteiger partial charge < -0.3 is 19.9 Å². The Balaban J connectivity index is 1.56. The zero-order chi connectivity index (χ0) is 23.8. The van der Waals surface area contributed by atoms with Gasteiger partial charge in [0.2, 0.25) is 17.7 Å². The summed E-state index contributed by atoms with van der Waals surface area (Å²) in [7, 11) is 0. The van der Waals surface area contributed by atoms with E-state index < -0.39 is 5.91 Å². The quantitative estimate of drug-likeness (QED) is 0.524. The van der Waals surface area contributed by atoms with Crippen LogP contribution in [-0.4, -0.2) is 54.5 Å². The van der Waals surface area contributed by atoms with Crippen LogP contribution in [0.5, 0.6) is 0 Å². The molecule has 33 heavy (non-hydrogen) atoms. The lowest BCUT2D eigenvalue weighted by Crippen LogP contribution is -2.43. The van der Waals surface area contributed by atoms with Crippen LogP contribution in [0.25, 0.3) is 0 Å². The van der Waals surface area contributed by atoms with E-state index in [1.807, 2.05) is 0 Å². The molecule has 0 aliphatic carbocycles. The first-order chi connectivity index (χ1) is 15.8. The van der Waals surface area contributed by atoms with Crippen LogP contribution in [0.3, 0.4) is 0 Å². The van der Waals surface area contributed by atoms with E-state index in [2.05, 4.69) is 15.8 Å². The molecule has 10 nitrogen and oxygen atoms in total. The van der Waals surface area contributed by atoms with Crippen molar-refractivity contribution in [1.82, 2.24) is 10.5 Å². The SMILES string of the molecule is CC(=O)c1cccc(NC(=O)CCC(=O)N(CC(=O)NC[C@H]2CCCO2)c2cc(C)on2)c1. The van der Waals surface area contributed by atoms with Crippen molar-refractivity contribution >= 4 is 35.0 Å². The smallest absolute Gasteiger partial charge is 0.240 e. The molecule has 1 aromatic heterocycles. The second-order valence-corrected chi connectivity index (χ2v) is 7.90. The predicted octanol–water partition coefficient (Wildman–Crippen LogP) is 2.23. The molecule has 10 heteroatoms. The summed E-state index contributed by atoms with van der Waals surface area (Å²) in [6.45, 7) is 3.93. The van der Waals surface area contributed by atoms with Crippen molar-refractivity contribution in [2.24, 2.45) is 0 Å². The number of hydrogen-bond acceptors (Lipinski definition) is 7. The molecule has 1 aliphatic rings. The van der Waals surface area contributed by atoms with Crippen LogP contribution in [0.15, 0.2) is 34.9 Å². The molecule has 0 spiro atoms. The van der Waals surface area contributed by atoms with Crippen molar-refractivity contribution in [3.05, 3.63) is 41.7 Å². The molecule has 1 saturated heterocycles. The maximum atomic E-state index is 12.9. The average Bonchev–Trinajstić information content (AvgIpc) is 3.46. The number of Topliss-reactive ketones (excluding diaryl/α,β-unsaturated/α-hetero) is 1. The van der Waals surface area contributed by atoms with Gasteiger partial charge in [-0.1, -0.05) is 17.3 Å². The number of benzene rings is 1. The molecule has 3 amide bonds. The molecule has 1 fully saturated rings. The number of aryl methyl sites for hydroxylation is 1. The van der Waals surface area contributed by atoms with Gasteiger partial charge in [0.05, 0.1) is 6.10 Å². The monoisotopic (exact) mass is 456 g/mol. The number of aromatic nitrogens is 1. The second kappa shape index (κ2) is 11.4. The minimum atomic E-state index is -0.441. The number of anilines is 2. The molecule has 1 aromatic carbocycles. The fourth-order valence-corrected chi connectivity index (χ4v) is 3.40. The summed E-state index contributed by atoms with van der Waals surface area (Å²) in [6, 6.07) is 8.11. The van der Waals surface area contributed by atoms with Crippen LogP contribution >= 0.6 is 0 Å². The summed E-state index contributed by atoms with van der Waals surface area (Å²) in [6.07, 6.45) is 1.59. The summed E-state index contributed by atoms with van der Waals surface area (Å²) in [5.74, 6) is -0.598. The highest BCUT2D eigenvalue weighted by Crippen LogP contribution is 2.17. The minimum absolute atomic E-state index is 0.0161. The van der Waals surface area contributed by atoms with E-state index in [0.717, 1.165) is 12.8 Å². The van der Waals surface area contributed by atoms with Gasteiger partial charge in [0.1, 0.15) is 12.3 Å². The number of nitrogens with zero attached hydrogens (tertiary/aromatic N) is 2. The molecule has 1 aliphatic heterocycles. The van der Waals surface area contributed by atoms with Crippen LogP contribution in [0, 0.1) is 6.92 Å². The van der Waals surface area contributed by atoms with Crippen molar-refractivity contribution in [3.8, 4) is 0 Å². The molecule has 0 bridgehead atoms. The van der Waals surface area contributed by atoms with E-state index in [4.69, 9.17) is 9.26 Å². The van der Waals surface area contributed by atoms with Crippen molar-refractivity contribution in [1.29, 1.82) is 0 Å². The topological polar surface area (TPSA) is 131 Å². The molecule has 0 radical (unpaired) electrons. The molecule has 2 heterocycles. The number of carbonyl (C=O) groups excluding carboxylic acids is 4. The zero-order valence-electron chi connectivity index (χ0n) is 18.8. The number of nitrogens with one attached hydrogen (secondary N) is 2. The molecular weight excluding hydrogens is 428 g/mol. The minimum Gasteiger partial charge on any atom is -0.376 e. The Morgan fingerprint density at radius 2 is 1.97 bits per heavy atom. The summed E-state index contributed by atoms with van der Waals surface area (Å²) >= 11 is 0. The van der Waals surface area contributed by atoms with Crippen LogP contribution in [0.4, 0.5) is 11.5 Å². The Hall–Kier alpha value is -3.53. The summed E-state index contributed by atoms with van der Waals surface area (Å²) in [4.78, 5) is 50.3. The lowest BCUT2D eigenvalue weighted by Gasteiger charge is -2.20. The Kier molecular flexibility index (Phi) is 8.31. The second-order valence-electron chi connectivity index (χ2n) is 7.90. The van der Waals surface area contributed by atoms with E-state index in [1.165, 1.54) is 11.8 Å². The first kappa shape index (κ1) is 24.1. The van der Waals surface area contributed by atoms with Crippen LogP contribution in [0.1, 0.15) is 48.7 Å². The number of hydrogen-bond donors (Lipinski definition) is 2. The van der Waals surface area contributed by atoms with Gasteiger partial charge in [-0.15, -0.1) is 0 Å².